The summed E-state index contributed by atoms with van der Waals surface area (Å²) in [5, 5.41) is 2.71. The van der Waals surface area contributed by atoms with Gasteiger partial charge in [0.05, 0.1) is 32.7 Å². The van der Waals surface area contributed by atoms with Crippen LogP contribution in [0.3, 0.4) is 0 Å². The highest BCUT2D eigenvalue weighted by molar-refractivity contribution is 4.50. The molecule has 0 aromatic heterocycles. The molecule has 0 aromatic carbocycles. The number of quaternary nitrogens is 2. The summed E-state index contributed by atoms with van der Waals surface area (Å²) in [6.07, 6.45) is 0. The van der Waals surface area contributed by atoms with Crippen LogP contribution in [0.2, 0.25) is 0 Å². The SMILES string of the molecule is CC[N+](CC)(CC)N1CC[N+]1(CC)CC. The van der Waals surface area contributed by atoms with Crippen LogP contribution in [0.4, 0.5) is 0 Å². The first-order chi connectivity index (χ1) is 7.14. The molecule has 1 saturated heterocycles. The molecule has 1 fully saturated rings. The third kappa shape index (κ3) is 1.81. The Morgan fingerprint density at radius 2 is 1.40 bits per heavy atom. The summed E-state index contributed by atoms with van der Waals surface area (Å²) in [6.45, 7) is 20.4. The van der Waals surface area contributed by atoms with Crippen molar-refractivity contribution in [1.29, 1.82) is 0 Å². The Hall–Kier alpha value is -0.120. The second kappa shape index (κ2) is 4.81. The van der Waals surface area contributed by atoms with E-state index >= 15 is 0 Å². The minimum absolute atomic E-state index is 1.17. The second-order valence-corrected chi connectivity index (χ2v) is 4.59. The summed E-state index contributed by atoms with van der Waals surface area (Å²) in [5.41, 5.74) is 0. The van der Waals surface area contributed by atoms with Gasteiger partial charge in [-0.2, -0.15) is 9.18 Å². The van der Waals surface area contributed by atoms with Gasteiger partial charge in [0, 0.05) is 5.12 Å². The van der Waals surface area contributed by atoms with Gasteiger partial charge in [-0.05, 0) is 34.6 Å². The van der Waals surface area contributed by atoms with Crippen molar-refractivity contribution in [1.82, 2.24) is 5.12 Å². The predicted octanol–water partition coefficient (Wildman–Crippen LogP) is 1.87. The van der Waals surface area contributed by atoms with E-state index in [4.69, 9.17) is 0 Å². The largest absolute Gasteiger partial charge is 0.200 e. The van der Waals surface area contributed by atoms with Crippen molar-refractivity contribution in [2.75, 3.05) is 45.8 Å². The van der Waals surface area contributed by atoms with Gasteiger partial charge in [-0.15, -0.1) is 0 Å². The van der Waals surface area contributed by atoms with Crippen LogP contribution >= 0.6 is 0 Å². The molecular weight excluding hydrogens is 186 g/mol. The van der Waals surface area contributed by atoms with Crippen molar-refractivity contribution in [2.24, 2.45) is 0 Å². The van der Waals surface area contributed by atoms with E-state index in [-0.39, 0.29) is 0 Å². The highest BCUT2D eigenvalue weighted by atomic mass is 16.0. The van der Waals surface area contributed by atoms with Crippen LogP contribution in [0.1, 0.15) is 34.6 Å². The fourth-order valence-electron chi connectivity index (χ4n) is 3.11. The smallest absolute Gasteiger partial charge is 0.152 e. The maximum Gasteiger partial charge on any atom is 0.152 e. The molecular formula is C12H29N3+2. The first-order valence-corrected chi connectivity index (χ1v) is 6.65. The monoisotopic (exact) mass is 215 g/mol. The molecule has 0 spiro atoms. The summed E-state index contributed by atoms with van der Waals surface area (Å²) >= 11 is 0. The molecule has 0 unspecified atom stereocenters. The molecule has 3 heteroatoms. The molecule has 0 radical (unpaired) electrons. The zero-order valence-corrected chi connectivity index (χ0v) is 11.3. The first-order valence-electron chi connectivity index (χ1n) is 6.65. The lowest BCUT2D eigenvalue weighted by Gasteiger charge is -2.58. The molecule has 3 nitrogen and oxygen atoms in total. The molecule has 1 heterocycles. The van der Waals surface area contributed by atoms with Gasteiger partial charge in [0.15, 0.2) is 6.54 Å². The fraction of sp³-hybridized carbons (Fsp3) is 1.00. The molecule has 0 aromatic rings. The molecule has 90 valence electrons. The van der Waals surface area contributed by atoms with Crippen LogP contribution in [0.25, 0.3) is 0 Å². The van der Waals surface area contributed by atoms with Crippen LogP contribution in [-0.4, -0.2) is 60.1 Å². The van der Waals surface area contributed by atoms with Crippen molar-refractivity contribution in [3.8, 4) is 0 Å². The Balaban J connectivity index is 2.86. The lowest BCUT2D eigenvalue weighted by Crippen LogP contribution is -2.82. The molecule has 0 saturated carbocycles. The Bertz CT molecular complexity index is 181. The minimum atomic E-state index is 1.17. The van der Waals surface area contributed by atoms with Gasteiger partial charge < -0.3 is 0 Å². The van der Waals surface area contributed by atoms with Gasteiger partial charge in [0.1, 0.15) is 6.54 Å². The number of hydrogen-bond donors (Lipinski definition) is 0. The van der Waals surface area contributed by atoms with Crippen LogP contribution in [0.5, 0.6) is 0 Å². The molecule has 1 aliphatic heterocycles. The number of hydrogen-bond acceptors (Lipinski definition) is 1. The minimum Gasteiger partial charge on any atom is -0.200 e. The van der Waals surface area contributed by atoms with Crippen molar-refractivity contribution in [2.45, 2.75) is 34.6 Å². The van der Waals surface area contributed by atoms with E-state index in [1.807, 2.05) is 0 Å². The van der Waals surface area contributed by atoms with E-state index in [0.29, 0.717) is 0 Å². The molecule has 1 aliphatic rings. The Morgan fingerprint density at radius 3 is 1.60 bits per heavy atom. The molecule has 0 aliphatic carbocycles. The van der Waals surface area contributed by atoms with E-state index in [0.717, 1.165) is 0 Å². The Morgan fingerprint density at radius 1 is 0.933 bits per heavy atom. The standard InChI is InChI=1S/C12H29N3/c1-6-14(7-2,8-3)13-11-12-15(13,9-4)10-5/h6-12H2,1-5H3/q+2. The van der Waals surface area contributed by atoms with Crippen LogP contribution < -0.4 is 0 Å². The molecule has 0 amide bonds. The Labute approximate surface area is 95.4 Å². The maximum absolute atomic E-state index is 2.71. The molecule has 1 rings (SSSR count). The second-order valence-electron chi connectivity index (χ2n) is 4.59. The van der Waals surface area contributed by atoms with Gasteiger partial charge in [-0.25, -0.2) is 0 Å². The lowest BCUT2D eigenvalue weighted by molar-refractivity contribution is -1.28. The Kier molecular flexibility index (Phi) is 4.15. The number of likely N-dealkylation sites (N-methyl/N-ethyl adjacent to an activating group) is 1. The van der Waals surface area contributed by atoms with Gasteiger partial charge in [-0.3, -0.25) is 0 Å². The third-order valence-corrected chi connectivity index (χ3v) is 4.64. The van der Waals surface area contributed by atoms with Crippen LogP contribution in [0, 0.1) is 0 Å². The average Bonchev–Trinajstić information content (AvgIpc) is 2.26. The number of rotatable bonds is 6. The fourth-order valence-corrected chi connectivity index (χ4v) is 3.11. The molecule has 0 N–H and O–H groups in total. The van der Waals surface area contributed by atoms with Gasteiger partial charge in [-0.1, -0.05) is 0 Å². The van der Waals surface area contributed by atoms with Crippen molar-refractivity contribution < 1.29 is 9.18 Å². The van der Waals surface area contributed by atoms with E-state index in [1.54, 1.807) is 0 Å². The quantitative estimate of drug-likeness (QED) is 0.611. The summed E-state index contributed by atoms with van der Waals surface area (Å²) in [7, 11) is 0. The molecule has 15 heavy (non-hydrogen) atoms. The van der Waals surface area contributed by atoms with E-state index in [2.05, 4.69) is 39.7 Å². The van der Waals surface area contributed by atoms with Crippen LogP contribution in [0.15, 0.2) is 0 Å². The molecule has 0 atom stereocenters. The van der Waals surface area contributed by atoms with E-state index in [1.165, 1.54) is 55.0 Å². The zero-order valence-electron chi connectivity index (χ0n) is 11.3. The third-order valence-electron chi connectivity index (χ3n) is 4.64. The zero-order chi connectivity index (χ0) is 11.5. The first kappa shape index (κ1) is 12.9. The average molecular weight is 215 g/mol. The van der Waals surface area contributed by atoms with Gasteiger partial charge in [0.25, 0.3) is 0 Å². The summed E-state index contributed by atoms with van der Waals surface area (Å²) < 4.78 is 2.37. The number of nitrogens with zero attached hydrogens (tertiary/aromatic N) is 3. The summed E-state index contributed by atoms with van der Waals surface area (Å²) in [4.78, 5) is 0. The van der Waals surface area contributed by atoms with Crippen molar-refractivity contribution >= 4 is 0 Å². The van der Waals surface area contributed by atoms with Gasteiger partial charge >= 0.3 is 0 Å². The normalized spacial score (nSPS) is 21.4. The highest BCUT2D eigenvalue weighted by Gasteiger charge is 2.53. The van der Waals surface area contributed by atoms with Crippen LogP contribution in [-0.2, 0) is 0 Å². The van der Waals surface area contributed by atoms with E-state index < -0.39 is 0 Å². The summed E-state index contributed by atoms with van der Waals surface area (Å²) in [5.74, 6) is 0. The highest BCUT2D eigenvalue weighted by Crippen LogP contribution is 2.29. The maximum atomic E-state index is 2.71. The topological polar surface area (TPSA) is 3.24 Å². The van der Waals surface area contributed by atoms with Crippen molar-refractivity contribution in [3.63, 3.8) is 0 Å². The molecule has 0 bridgehead atoms. The van der Waals surface area contributed by atoms with E-state index in [9.17, 15) is 0 Å². The van der Waals surface area contributed by atoms with Crippen molar-refractivity contribution in [3.05, 3.63) is 0 Å². The van der Waals surface area contributed by atoms with Gasteiger partial charge in [0.2, 0.25) is 0 Å². The predicted molar refractivity (Wildman–Crippen MR) is 64.8 cm³/mol. The lowest BCUT2D eigenvalue weighted by atomic mass is 10.3. The summed E-state index contributed by atoms with van der Waals surface area (Å²) in [6, 6.07) is 0.